The van der Waals surface area contributed by atoms with E-state index in [9.17, 15) is 9.59 Å². The van der Waals surface area contributed by atoms with Gasteiger partial charge in [0.2, 0.25) is 5.95 Å². The Morgan fingerprint density at radius 2 is 1.63 bits per heavy atom. The van der Waals surface area contributed by atoms with Crippen LogP contribution in [0.1, 0.15) is 46.6 Å². The molecule has 1 aliphatic heterocycles. The average Bonchev–Trinajstić information content (AvgIpc) is 3.42. The number of piperazine rings is 1. The summed E-state index contributed by atoms with van der Waals surface area (Å²) in [6.45, 7) is 1.92. The molecule has 2 amide bonds. The van der Waals surface area contributed by atoms with E-state index in [1.54, 1.807) is 34.3 Å². The van der Waals surface area contributed by atoms with Crippen LogP contribution in [0, 0.1) is 0 Å². The van der Waals surface area contributed by atoms with Crippen molar-refractivity contribution >= 4 is 17.8 Å². The topological polar surface area (TPSA) is 91.6 Å². The lowest BCUT2D eigenvalue weighted by Crippen LogP contribution is -2.50. The molecule has 0 spiro atoms. The molecule has 2 fully saturated rings. The van der Waals surface area contributed by atoms with Gasteiger partial charge in [-0.25, -0.2) is 9.97 Å². The Morgan fingerprint density at radius 1 is 1.00 bits per heavy atom. The summed E-state index contributed by atoms with van der Waals surface area (Å²) in [5.41, 5.74) is 0.470. The van der Waals surface area contributed by atoms with Gasteiger partial charge in [-0.1, -0.05) is 12.8 Å². The molecule has 142 valence electrons. The largest absolute Gasteiger partial charge is 0.459 e. The third kappa shape index (κ3) is 3.94. The van der Waals surface area contributed by atoms with Crippen LogP contribution in [-0.4, -0.2) is 63.8 Å². The molecule has 1 aliphatic carbocycles. The smallest absolute Gasteiger partial charge is 0.289 e. The molecule has 2 aliphatic rings. The van der Waals surface area contributed by atoms with E-state index in [1.165, 1.54) is 19.1 Å². The van der Waals surface area contributed by atoms with Crippen molar-refractivity contribution in [3.63, 3.8) is 0 Å². The first-order valence-electron chi connectivity index (χ1n) is 9.41. The Bertz CT molecular complexity index is 776. The highest BCUT2D eigenvalue weighted by Crippen LogP contribution is 2.20. The number of carbonyl (C=O) groups excluding carboxylic acids is 2. The van der Waals surface area contributed by atoms with Crippen LogP contribution in [0.5, 0.6) is 0 Å². The zero-order valence-electron chi connectivity index (χ0n) is 15.1. The minimum atomic E-state index is -0.141. The van der Waals surface area contributed by atoms with E-state index < -0.39 is 0 Å². The number of aromatic nitrogens is 2. The second kappa shape index (κ2) is 7.77. The van der Waals surface area contributed by atoms with E-state index in [1.807, 2.05) is 0 Å². The molecular formula is C19H23N5O3. The fourth-order valence-electron chi connectivity index (χ4n) is 3.62. The molecule has 0 aromatic carbocycles. The maximum Gasteiger partial charge on any atom is 0.289 e. The minimum Gasteiger partial charge on any atom is -0.459 e. The van der Waals surface area contributed by atoms with Gasteiger partial charge >= 0.3 is 0 Å². The summed E-state index contributed by atoms with van der Waals surface area (Å²) in [5.74, 6) is 0.658. The van der Waals surface area contributed by atoms with Crippen LogP contribution in [0.15, 0.2) is 35.2 Å². The molecule has 0 unspecified atom stereocenters. The van der Waals surface area contributed by atoms with Crippen LogP contribution in [0.4, 0.5) is 5.95 Å². The van der Waals surface area contributed by atoms with Crippen LogP contribution < -0.4 is 5.32 Å². The first kappa shape index (κ1) is 17.5. The first-order chi connectivity index (χ1) is 13.2. The molecule has 8 heteroatoms. The zero-order chi connectivity index (χ0) is 18.6. The second-order valence-electron chi connectivity index (χ2n) is 6.98. The highest BCUT2D eigenvalue weighted by molar-refractivity contribution is 5.94. The molecule has 2 aromatic heterocycles. The molecule has 1 saturated carbocycles. The van der Waals surface area contributed by atoms with E-state index in [0.717, 1.165) is 12.8 Å². The highest BCUT2D eigenvalue weighted by Gasteiger charge is 2.27. The number of hydrogen-bond donors (Lipinski definition) is 1. The van der Waals surface area contributed by atoms with Gasteiger partial charge in [-0.2, -0.15) is 0 Å². The number of furan rings is 1. The van der Waals surface area contributed by atoms with Crippen LogP contribution in [0.3, 0.4) is 0 Å². The molecule has 2 aromatic rings. The predicted octanol–water partition coefficient (Wildman–Crippen LogP) is 2.02. The van der Waals surface area contributed by atoms with Gasteiger partial charge in [-0.05, 0) is 25.0 Å². The summed E-state index contributed by atoms with van der Waals surface area (Å²) in [5, 5.41) is 3.32. The van der Waals surface area contributed by atoms with Crippen molar-refractivity contribution in [3.05, 3.63) is 42.1 Å². The summed E-state index contributed by atoms with van der Waals surface area (Å²) in [4.78, 5) is 37.0. The Morgan fingerprint density at radius 3 is 2.22 bits per heavy atom. The van der Waals surface area contributed by atoms with Crippen molar-refractivity contribution in [1.29, 1.82) is 0 Å². The summed E-state index contributed by atoms with van der Waals surface area (Å²) in [6, 6.07) is 3.78. The zero-order valence-corrected chi connectivity index (χ0v) is 15.1. The average molecular weight is 369 g/mol. The molecular weight excluding hydrogens is 346 g/mol. The van der Waals surface area contributed by atoms with Gasteiger partial charge in [0.25, 0.3) is 11.8 Å². The Balaban J connectivity index is 1.31. The minimum absolute atomic E-state index is 0.104. The normalized spacial score (nSPS) is 17.9. The first-order valence-corrected chi connectivity index (χ1v) is 9.41. The molecule has 8 nitrogen and oxygen atoms in total. The van der Waals surface area contributed by atoms with E-state index >= 15 is 0 Å². The number of carbonyl (C=O) groups is 2. The molecule has 0 atom stereocenters. The van der Waals surface area contributed by atoms with E-state index in [2.05, 4.69) is 15.3 Å². The number of nitrogens with zero attached hydrogens (tertiary/aromatic N) is 4. The van der Waals surface area contributed by atoms with Crippen LogP contribution in [0.25, 0.3) is 0 Å². The van der Waals surface area contributed by atoms with Gasteiger partial charge in [-0.3, -0.25) is 9.59 Å². The van der Waals surface area contributed by atoms with Crippen molar-refractivity contribution in [2.45, 2.75) is 31.7 Å². The Hall–Kier alpha value is -2.90. The number of rotatable bonds is 4. The van der Waals surface area contributed by atoms with Gasteiger partial charge in [0.05, 0.1) is 11.8 Å². The summed E-state index contributed by atoms with van der Waals surface area (Å²) < 4.78 is 5.16. The van der Waals surface area contributed by atoms with Crippen molar-refractivity contribution in [2.75, 3.05) is 31.5 Å². The molecule has 1 N–H and O–H groups in total. The standard InChI is InChI=1S/C19H23N5O3/c25-17(14-12-20-19(21-13-14)22-15-4-1-2-5-15)23-7-9-24(10-8-23)18(26)16-6-3-11-27-16/h3,6,11-13,15H,1-2,4-5,7-10H2,(H,20,21,22). The maximum atomic E-state index is 12.7. The SMILES string of the molecule is O=C(c1cnc(NC2CCCC2)nc1)N1CCN(C(=O)c2ccco2)CC1. The van der Waals surface area contributed by atoms with Crippen molar-refractivity contribution in [1.82, 2.24) is 19.8 Å². The van der Waals surface area contributed by atoms with Gasteiger partial charge in [0.15, 0.2) is 5.76 Å². The second-order valence-corrected chi connectivity index (χ2v) is 6.98. The summed E-state index contributed by atoms with van der Waals surface area (Å²) >= 11 is 0. The van der Waals surface area contributed by atoms with Gasteiger partial charge in [-0.15, -0.1) is 0 Å². The quantitative estimate of drug-likeness (QED) is 0.887. The lowest BCUT2D eigenvalue weighted by atomic mass is 10.2. The highest BCUT2D eigenvalue weighted by atomic mass is 16.3. The van der Waals surface area contributed by atoms with Crippen LogP contribution >= 0.6 is 0 Å². The van der Waals surface area contributed by atoms with Crippen molar-refractivity contribution in [3.8, 4) is 0 Å². The molecule has 4 rings (SSSR count). The molecule has 27 heavy (non-hydrogen) atoms. The van der Waals surface area contributed by atoms with Gasteiger partial charge in [0, 0.05) is 44.6 Å². The maximum absolute atomic E-state index is 12.7. The molecule has 3 heterocycles. The van der Waals surface area contributed by atoms with Gasteiger partial charge in [0.1, 0.15) is 0 Å². The van der Waals surface area contributed by atoms with Gasteiger partial charge < -0.3 is 19.5 Å². The van der Waals surface area contributed by atoms with Crippen molar-refractivity contribution in [2.24, 2.45) is 0 Å². The third-order valence-electron chi connectivity index (χ3n) is 5.17. The molecule has 1 saturated heterocycles. The fourth-order valence-corrected chi connectivity index (χ4v) is 3.62. The Kier molecular flexibility index (Phi) is 5.04. The number of amides is 2. The monoisotopic (exact) mass is 369 g/mol. The number of hydrogen-bond acceptors (Lipinski definition) is 6. The van der Waals surface area contributed by atoms with E-state index in [-0.39, 0.29) is 11.8 Å². The lowest BCUT2D eigenvalue weighted by molar-refractivity contribution is 0.0517. The third-order valence-corrected chi connectivity index (χ3v) is 5.17. The van der Waals surface area contributed by atoms with Crippen molar-refractivity contribution < 1.29 is 14.0 Å². The van der Waals surface area contributed by atoms with Crippen LogP contribution in [0.2, 0.25) is 0 Å². The lowest BCUT2D eigenvalue weighted by Gasteiger charge is -2.34. The van der Waals surface area contributed by atoms with E-state index in [0.29, 0.717) is 49.5 Å². The number of anilines is 1. The van der Waals surface area contributed by atoms with Crippen LogP contribution in [-0.2, 0) is 0 Å². The summed E-state index contributed by atoms with van der Waals surface area (Å²) in [6.07, 6.45) is 9.40. The summed E-state index contributed by atoms with van der Waals surface area (Å²) in [7, 11) is 0. The number of nitrogens with one attached hydrogen (secondary N) is 1. The molecule has 0 bridgehead atoms. The van der Waals surface area contributed by atoms with E-state index in [4.69, 9.17) is 4.42 Å². The predicted molar refractivity (Wildman–Crippen MR) is 98.4 cm³/mol. The molecule has 0 radical (unpaired) electrons. The Labute approximate surface area is 157 Å². The fraction of sp³-hybridized carbons (Fsp3) is 0.474.